The van der Waals surface area contributed by atoms with E-state index < -0.39 is 0 Å². The Labute approximate surface area is 108 Å². The average Bonchev–Trinajstić information content (AvgIpc) is 2.64. The molecule has 0 aromatic carbocycles. The van der Waals surface area contributed by atoms with Crippen LogP contribution in [0.4, 0.5) is 0 Å². The number of amides is 1. The van der Waals surface area contributed by atoms with E-state index in [-0.39, 0.29) is 11.8 Å². The van der Waals surface area contributed by atoms with E-state index in [1.165, 1.54) is 19.4 Å². The first-order valence-electron chi connectivity index (χ1n) is 6.41. The van der Waals surface area contributed by atoms with Gasteiger partial charge in [0.05, 0.1) is 10.9 Å². The van der Waals surface area contributed by atoms with E-state index in [1.807, 2.05) is 11.8 Å². The lowest BCUT2D eigenvalue weighted by Crippen LogP contribution is -2.44. The number of nitrogens with two attached hydrogens (primary N) is 1. The minimum Gasteiger partial charge on any atom is -0.393 e. The van der Waals surface area contributed by atoms with Crippen LogP contribution in [0.2, 0.25) is 0 Å². The summed E-state index contributed by atoms with van der Waals surface area (Å²) in [6, 6.07) is 0.556. The van der Waals surface area contributed by atoms with Gasteiger partial charge >= 0.3 is 0 Å². The van der Waals surface area contributed by atoms with Crippen LogP contribution in [0.1, 0.15) is 26.2 Å². The minimum absolute atomic E-state index is 0.103. The Bertz CT molecular complexity index is 321. The molecule has 4 nitrogen and oxygen atoms in total. The molecular formula is C12H21N3OS. The summed E-state index contributed by atoms with van der Waals surface area (Å²) in [5.41, 5.74) is 5.56. The van der Waals surface area contributed by atoms with Gasteiger partial charge in [-0.25, -0.2) is 0 Å². The molecule has 5 heteroatoms. The molecule has 0 saturated carbocycles. The lowest BCUT2D eigenvalue weighted by atomic mass is 10.1. The molecule has 2 fully saturated rings. The summed E-state index contributed by atoms with van der Waals surface area (Å²) < 4.78 is 0. The van der Waals surface area contributed by atoms with Crippen molar-refractivity contribution in [1.82, 2.24) is 9.80 Å². The number of carbonyl (C=O) groups is 1. The van der Waals surface area contributed by atoms with Crippen molar-refractivity contribution in [3.05, 3.63) is 0 Å². The summed E-state index contributed by atoms with van der Waals surface area (Å²) >= 11 is 4.91. The topological polar surface area (TPSA) is 49.6 Å². The molecule has 17 heavy (non-hydrogen) atoms. The standard InChI is InChI=1S/C12H21N3OS/c1-9(11(13)17)12(16)15-7-3-6-14-5-2-4-10(14)8-15/h9-10H,2-8H2,1H3,(H2,13,17). The lowest BCUT2D eigenvalue weighted by Gasteiger charge is -2.27. The van der Waals surface area contributed by atoms with E-state index >= 15 is 0 Å². The number of hydrogen-bond donors (Lipinski definition) is 1. The zero-order valence-corrected chi connectivity index (χ0v) is 11.2. The van der Waals surface area contributed by atoms with E-state index in [2.05, 4.69) is 4.90 Å². The highest BCUT2D eigenvalue weighted by Gasteiger charge is 2.32. The largest absolute Gasteiger partial charge is 0.393 e. The Hall–Kier alpha value is -0.680. The summed E-state index contributed by atoms with van der Waals surface area (Å²) in [6.07, 6.45) is 3.54. The van der Waals surface area contributed by atoms with E-state index in [4.69, 9.17) is 18.0 Å². The third-order valence-electron chi connectivity index (χ3n) is 3.91. The SMILES string of the molecule is CC(C(=O)N1CCCN2CCCC2C1)C(N)=S. The third kappa shape index (κ3) is 2.77. The van der Waals surface area contributed by atoms with Crippen LogP contribution >= 0.6 is 12.2 Å². The van der Waals surface area contributed by atoms with Gasteiger partial charge in [-0.05, 0) is 32.7 Å². The number of thiocarbonyl (C=S) groups is 1. The number of nitrogens with zero attached hydrogens (tertiary/aromatic N) is 2. The summed E-state index contributed by atoms with van der Waals surface area (Å²) in [5.74, 6) is -0.218. The lowest BCUT2D eigenvalue weighted by molar-refractivity contribution is -0.133. The Kier molecular flexibility index (Phi) is 3.99. The fourth-order valence-electron chi connectivity index (χ4n) is 2.80. The number of rotatable bonds is 2. The zero-order chi connectivity index (χ0) is 12.4. The minimum atomic E-state index is -0.321. The number of carbonyl (C=O) groups excluding carboxylic acids is 1. The van der Waals surface area contributed by atoms with Gasteiger partial charge in [0.1, 0.15) is 0 Å². The predicted octanol–water partition coefficient (Wildman–Crippen LogP) is 0.605. The van der Waals surface area contributed by atoms with Crippen molar-refractivity contribution in [2.45, 2.75) is 32.2 Å². The summed E-state index contributed by atoms with van der Waals surface area (Å²) in [4.78, 5) is 17.0. The van der Waals surface area contributed by atoms with Gasteiger partial charge in [0.2, 0.25) is 5.91 Å². The Morgan fingerprint density at radius 1 is 1.35 bits per heavy atom. The molecule has 2 unspecified atom stereocenters. The highest BCUT2D eigenvalue weighted by Crippen LogP contribution is 2.22. The summed E-state index contributed by atoms with van der Waals surface area (Å²) in [7, 11) is 0. The summed E-state index contributed by atoms with van der Waals surface area (Å²) in [6.45, 7) is 5.82. The van der Waals surface area contributed by atoms with Crippen LogP contribution in [-0.4, -0.2) is 52.9 Å². The van der Waals surface area contributed by atoms with Crippen molar-refractivity contribution in [2.75, 3.05) is 26.2 Å². The van der Waals surface area contributed by atoms with Crippen molar-refractivity contribution in [3.63, 3.8) is 0 Å². The first-order chi connectivity index (χ1) is 8.09. The monoisotopic (exact) mass is 255 g/mol. The van der Waals surface area contributed by atoms with Gasteiger partial charge in [-0.1, -0.05) is 12.2 Å². The first kappa shape index (κ1) is 12.8. The molecule has 2 heterocycles. The molecule has 0 aliphatic carbocycles. The quantitative estimate of drug-likeness (QED) is 0.734. The molecule has 2 atom stereocenters. The van der Waals surface area contributed by atoms with Gasteiger partial charge in [0.25, 0.3) is 0 Å². The molecule has 2 aliphatic heterocycles. The maximum atomic E-state index is 12.2. The van der Waals surface area contributed by atoms with Gasteiger partial charge in [-0.3, -0.25) is 9.69 Å². The molecule has 0 bridgehead atoms. The van der Waals surface area contributed by atoms with Crippen molar-refractivity contribution in [2.24, 2.45) is 11.7 Å². The first-order valence-corrected chi connectivity index (χ1v) is 6.82. The molecule has 2 saturated heterocycles. The van der Waals surface area contributed by atoms with E-state index in [1.54, 1.807) is 0 Å². The van der Waals surface area contributed by atoms with Crippen LogP contribution in [-0.2, 0) is 4.79 Å². The van der Waals surface area contributed by atoms with Gasteiger partial charge in [0.15, 0.2) is 0 Å². The fraction of sp³-hybridized carbons (Fsp3) is 0.833. The van der Waals surface area contributed by atoms with E-state index in [0.29, 0.717) is 11.0 Å². The molecule has 1 amide bonds. The van der Waals surface area contributed by atoms with Gasteiger partial charge in [0, 0.05) is 25.7 Å². The zero-order valence-electron chi connectivity index (χ0n) is 10.4. The second-order valence-corrected chi connectivity index (χ2v) is 5.57. The van der Waals surface area contributed by atoms with Crippen LogP contribution in [0.3, 0.4) is 0 Å². The fourth-order valence-corrected chi connectivity index (χ4v) is 2.90. The molecule has 2 rings (SSSR count). The molecule has 0 aromatic rings. The predicted molar refractivity (Wildman–Crippen MR) is 71.7 cm³/mol. The summed E-state index contributed by atoms with van der Waals surface area (Å²) in [5, 5.41) is 0. The molecule has 0 aromatic heterocycles. The van der Waals surface area contributed by atoms with E-state index in [9.17, 15) is 4.79 Å². The van der Waals surface area contributed by atoms with Crippen LogP contribution in [0.15, 0.2) is 0 Å². The molecule has 0 radical (unpaired) electrons. The number of hydrogen-bond acceptors (Lipinski definition) is 3. The van der Waals surface area contributed by atoms with Crippen LogP contribution < -0.4 is 5.73 Å². The van der Waals surface area contributed by atoms with Crippen molar-refractivity contribution in [1.29, 1.82) is 0 Å². The second kappa shape index (κ2) is 5.31. The molecular weight excluding hydrogens is 234 g/mol. The molecule has 2 aliphatic rings. The van der Waals surface area contributed by atoms with Crippen LogP contribution in [0.5, 0.6) is 0 Å². The second-order valence-electron chi connectivity index (χ2n) is 5.09. The van der Waals surface area contributed by atoms with Gasteiger partial charge < -0.3 is 10.6 Å². The Balaban J connectivity index is 2.01. The molecule has 96 valence electrons. The van der Waals surface area contributed by atoms with Crippen LogP contribution in [0.25, 0.3) is 0 Å². The van der Waals surface area contributed by atoms with Gasteiger partial charge in [-0.2, -0.15) is 0 Å². The van der Waals surface area contributed by atoms with Crippen molar-refractivity contribution >= 4 is 23.1 Å². The Morgan fingerprint density at radius 2 is 2.06 bits per heavy atom. The normalized spacial score (nSPS) is 27.4. The third-order valence-corrected chi connectivity index (χ3v) is 4.27. The highest BCUT2D eigenvalue weighted by molar-refractivity contribution is 7.80. The smallest absolute Gasteiger partial charge is 0.232 e. The molecule has 2 N–H and O–H groups in total. The maximum Gasteiger partial charge on any atom is 0.232 e. The Morgan fingerprint density at radius 3 is 2.76 bits per heavy atom. The number of fused-ring (bicyclic) bond motifs is 1. The van der Waals surface area contributed by atoms with Gasteiger partial charge in [-0.15, -0.1) is 0 Å². The maximum absolute atomic E-state index is 12.2. The van der Waals surface area contributed by atoms with Crippen LogP contribution in [0, 0.1) is 5.92 Å². The van der Waals surface area contributed by atoms with Crippen molar-refractivity contribution in [3.8, 4) is 0 Å². The van der Waals surface area contributed by atoms with E-state index in [0.717, 1.165) is 26.1 Å². The highest BCUT2D eigenvalue weighted by atomic mass is 32.1. The molecule has 0 spiro atoms. The van der Waals surface area contributed by atoms with Crippen molar-refractivity contribution < 1.29 is 4.79 Å². The average molecular weight is 255 g/mol.